The van der Waals surface area contributed by atoms with Gasteiger partial charge in [0.05, 0.1) is 31.7 Å². The lowest BCUT2D eigenvalue weighted by atomic mass is 9.47. The first-order chi connectivity index (χ1) is 27.0. The molecule has 0 bridgehead atoms. The quantitative estimate of drug-likeness (QED) is 0.136. The van der Waals surface area contributed by atoms with Crippen molar-refractivity contribution in [3.63, 3.8) is 0 Å². The molecule has 4 aliphatic carbocycles. The molecule has 5 aliphatic rings. The van der Waals surface area contributed by atoms with Crippen molar-refractivity contribution in [1.29, 1.82) is 0 Å². The second-order valence-corrected chi connectivity index (χ2v) is 18.5. The SMILES string of the molecule is COc1ccc(/C(=C2\C=CC(n3cc(CO[C@H]4CC[C@@]5(C)C(=CC[C@H]6[C@@H]7CC[C@H]([C@H](C)CCCC(C)C)[C@@]7(C)CC[C@@H]65)C4)nn3)=N2)c2cccn2B(F)F)cc1. The molecule has 3 heterocycles. The Kier molecular flexibility index (Phi) is 11.1. The Morgan fingerprint density at radius 2 is 1.80 bits per heavy atom. The minimum Gasteiger partial charge on any atom is -0.497 e. The molecule has 0 amide bonds. The zero-order valence-electron chi connectivity index (χ0n) is 34.3. The fourth-order valence-corrected chi connectivity index (χ4v) is 12.1. The van der Waals surface area contributed by atoms with Gasteiger partial charge in [0.2, 0.25) is 0 Å². The second kappa shape index (κ2) is 15.9. The van der Waals surface area contributed by atoms with Crippen LogP contribution in [0.3, 0.4) is 0 Å². The average molecular weight is 764 g/mol. The molecule has 0 radical (unpaired) electrons. The molecule has 10 heteroatoms. The van der Waals surface area contributed by atoms with Gasteiger partial charge >= 0.3 is 7.40 Å². The molecule has 3 saturated carbocycles. The standard InChI is InChI=1S/C46H60BF2N5O2/c1-30(2)9-7-10-31(3)38-18-19-39-37-17-14-33-27-36(22-24-45(33,4)40(37)23-25-46(38,39)5)56-29-34-28-54(52-51-34)43-21-20-41(50-43)44(32-12-15-35(55-6)16-13-32)42-11-8-26-53(42)47(48)49/h8,11-16,20-21,26,28,30-31,36-40H,7,9-10,17-19,22-25,27,29H2,1-6H3/b44-41-/t31-,36+,37+,38-,39+,40+,45+,46-/m1/s1. The molecular weight excluding hydrogens is 703 g/mol. The summed E-state index contributed by atoms with van der Waals surface area (Å²) in [6, 6.07) is 10.7. The molecule has 1 aromatic carbocycles. The van der Waals surface area contributed by atoms with Crippen molar-refractivity contribution >= 4 is 18.8 Å². The molecule has 3 aromatic rings. The van der Waals surface area contributed by atoms with Crippen LogP contribution in [0.15, 0.2) is 83.3 Å². The third-order valence-electron chi connectivity index (χ3n) is 15.0. The fourth-order valence-electron chi connectivity index (χ4n) is 12.1. The van der Waals surface area contributed by atoms with Gasteiger partial charge in [-0.25, -0.2) is 9.67 Å². The van der Waals surface area contributed by atoms with Gasteiger partial charge in [-0.1, -0.05) is 82.9 Å². The number of fused-ring (bicyclic) bond motifs is 5. The third kappa shape index (κ3) is 7.28. The third-order valence-corrected chi connectivity index (χ3v) is 15.0. The van der Waals surface area contributed by atoms with E-state index in [1.54, 1.807) is 29.5 Å². The van der Waals surface area contributed by atoms with Crippen LogP contribution >= 0.6 is 0 Å². The van der Waals surface area contributed by atoms with Crippen LogP contribution in [-0.2, 0) is 11.3 Å². The van der Waals surface area contributed by atoms with Gasteiger partial charge in [-0.3, -0.25) is 8.63 Å². The first-order valence-electron chi connectivity index (χ1n) is 21.3. The van der Waals surface area contributed by atoms with E-state index in [0.29, 0.717) is 40.6 Å². The molecule has 0 spiro atoms. The minimum absolute atomic E-state index is 0.170. The van der Waals surface area contributed by atoms with Gasteiger partial charge in [0.15, 0.2) is 5.84 Å². The number of methoxy groups -OCH3 is 1. The van der Waals surface area contributed by atoms with Gasteiger partial charge in [-0.05, 0) is 146 Å². The molecule has 56 heavy (non-hydrogen) atoms. The first-order valence-corrected chi connectivity index (χ1v) is 21.3. The lowest BCUT2D eigenvalue weighted by Gasteiger charge is -2.58. The van der Waals surface area contributed by atoms with Crippen molar-refractivity contribution in [3.8, 4) is 5.75 Å². The molecule has 298 valence electrons. The van der Waals surface area contributed by atoms with E-state index in [1.165, 1.54) is 64.0 Å². The number of nitrogens with zero attached hydrogens (tertiary/aromatic N) is 5. The molecular formula is C46H60BF2N5O2. The highest BCUT2D eigenvalue weighted by Gasteiger charge is 2.59. The number of hydrogen-bond donors (Lipinski definition) is 0. The van der Waals surface area contributed by atoms with Gasteiger partial charge in [0.25, 0.3) is 0 Å². The normalized spacial score (nSPS) is 31.1. The Balaban J connectivity index is 0.919. The van der Waals surface area contributed by atoms with E-state index in [1.807, 2.05) is 42.6 Å². The predicted octanol–water partition coefficient (Wildman–Crippen LogP) is 11.1. The van der Waals surface area contributed by atoms with E-state index in [0.717, 1.165) is 64.1 Å². The van der Waals surface area contributed by atoms with Crippen molar-refractivity contribution < 1.29 is 18.1 Å². The van der Waals surface area contributed by atoms with Gasteiger partial charge < -0.3 is 14.0 Å². The predicted molar refractivity (Wildman–Crippen MR) is 220 cm³/mol. The minimum atomic E-state index is -2.69. The van der Waals surface area contributed by atoms with Crippen LogP contribution in [0.4, 0.5) is 8.63 Å². The van der Waals surface area contributed by atoms with Crippen molar-refractivity contribution in [3.05, 3.63) is 95.2 Å². The van der Waals surface area contributed by atoms with Gasteiger partial charge in [0.1, 0.15) is 11.4 Å². The van der Waals surface area contributed by atoms with Crippen LogP contribution in [0.25, 0.3) is 5.57 Å². The Hall–Kier alpha value is -3.79. The Morgan fingerprint density at radius 3 is 2.57 bits per heavy atom. The lowest BCUT2D eigenvalue weighted by Crippen LogP contribution is -2.51. The Bertz CT molecular complexity index is 2000. The molecule has 1 aliphatic heterocycles. The molecule has 8 rings (SSSR count). The van der Waals surface area contributed by atoms with Crippen LogP contribution < -0.4 is 4.74 Å². The van der Waals surface area contributed by atoms with Gasteiger partial charge in [-0.2, -0.15) is 0 Å². The number of ether oxygens (including phenoxy) is 2. The first kappa shape index (κ1) is 39.1. The number of halogens is 2. The molecule has 0 unspecified atom stereocenters. The summed E-state index contributed by atoms with van der Waals surface area (Å²) in [5.74, 6) is 6.27. The van der Waals surface area contributed by atoms with E-state index in [4.69, 9.17) is 14.5 Å². The van der Waals surface area contributed by atoms with Crippen molar-refractivity contribution in [2.45, 2.75) is 118 Å². The van der Waals surface area contributed by atoms with E-state index in [2.05, 4.69) is 51.0 Å². The van der Waals surface area contributed by atoms with Crippen LogP contribution in [0.5, 0.6) is 5.75 Å². The fraction of sp³-hybridized carbons (Fsp3) is 0.587. The van der Waals surface area contributed by atoms with E-state index >= 15 is 0 Å². The smallest absolute Gasteiger partial charge is 0.497 e. The number of allylic oxidation sites excluding steroid dienone is 3. The highest BCUT2D eigenvalue weighted by atomic mass is 19.2. The number of hydrogen-bond acceptors (Lipinski definition) is 5. The molecule has 8 atom stereocenters. The van der Waals surface area contributed by atoms with Gasteiger partial charge in [-0.15, -0.1) is 5.10 Å². The van der Waals surface area contributed by atoms with Crippen LogP contribution in [0, 0.1) is 46.3 Å². The summed E-state index contributed by atoms with van der Waals surface area (Å²) in [5.41, 5.74) is 5.46. The maximum absolute atomic E-state index is 14.0. The number of benzene rings is 1. The number of rotatable bonds is 12. The Labute approximate surface area is 332 Å². The largest absolute Gasteiger partial charge is 0.677 e. The van der Waals surface area contributed by atoms with E-state index in [9.17, 15) is 8.63 Å². The average Bonchev–Trinajstić information content (AvgIpc) is 4.01. The van der Waals surface area contributed by atoms with Crippen LogP contribution in [0.2, 0.25) is 0 Å². The van der Waals surface area contributed by atoms with Crippen molar-refractivity contribution in [2.24, 2.45) is 51.3 Å². The molecule has 3 fully saturated rings. The summed E-state index contributed by atoms with van der Waals surface area (Å²) in [7, 11) is -1.09. The van der Waals surface area contributed by atoms with Gasteiger partial charge in [0, 0.05) is 11.3 Å². The number of aliphatic imine (C=N–C) groups is 1. The summed E-state index contributed by atoms with van der Waals surface area (Å²) in [6.07, 6.45) is 24.0. The molecule has 0 N–H and O–H groups in total. The van der Waals surface area contributed by atoms with Crippen LogP contribution in [0.1, 0.15) is 122 Å². The highest BCUT2D eigenvalue weighted by molar-refractivity contribution is 6.41. The summed E-state index contributed by atoms with van der Waals surface area (Å²) >= 11 is 0. The molecule has 2 aromatic heterocycles. The lowest BCUT2D eigenvalue weighted by molar-refractivity contribution is -0.0658. The van der Waals surface area contributed by atoms with Crippen molar-refractivity contribution in [1.82, 2.24) is 19.5 Å². The zero-order chi connectivity index (χ0) is 39.2. The summed E-state index contributed by atoms with van der Waals surface area (Å²) < 4.78 is 42.5. The summed E-state index contributed by atoms with van der Waals surface area (Å²) in [6.45, 7) is 13.0. The topological polar surface area (TPSA) is 66.5 Å². The molecule has 7 nitrogen and oxygen atoms in total. The summed E-state index contributed by atoms with van der Waals surface area (Å²) in [4.78, 5) is 4.85. The number of aromatic nitrogens is 4. The van der Waals surface area contributed by atoms with E-state index < -0.39 is 7.40 Å². The second-order valence-electron chi connectivity index (χ2n) is 18.5. The van der Waals surface area contributed by atoms with Crippen LogP contribution in [-0.4, -0.2) is 45.9 Å². The maximum atomic E-state index is 14.0. The Morgan fingerprint density at radius 1 is 0.982 bits per heavy atom. The van der Waals surface area contributed by atoms with Crippen molar-refractivity contribution in [2.75, 3.05) is 7.11 Å². The highest BCUT2D eigenvalue weighted by Crippen LogP contribution is 2.67. The monoisotopic (exact) mass is 763 g/mol. The maximum Gasteiger partial charge on any atom is 0.677 e. The zero-order valence-corrected chi connectivity index (χ0v) is 34.3. The molecule has 0 saturated heterocycles. The van der Waals surface area contributed by atoms with E-state index in [-0.39, 0.29) is 11.5 Å². The summed E-state index contributed by atoms with van der Waals surface area (Å²) in [5, 5.41) is 8.81.